The van der Waals surface area contributed by atoms with Gasteiger partial charge in [-0.1, -0.05) is 23.7 Å². The second-order valence-corrected chi connectivity index (χ2v) is 8.08. The van der Waals surface area contributed by atoms with Gasteiger partial charge in [0.05, 0.1) is 30.9 Å². The molecule has 2 aliphatic heterocycles. The summed E-state index contributed by atoms with van der Waals surface area (Å²) in [6.07, 6.45) is 0.836. The second kappa shape index (κ2) is 9.60. The minimum absolute atomic E-state index is 0.159. The van der Waals surface area contributed by atoms with E-state index in [2.05, 4.69) is 10.2 Å². The first-order valence-electron chi connectivity index (χ1n) is 10.4. The molecule has 0 spiro atoms. The van der Waals surface area contributed by atoms with Gasteiger partial charge in [-0.25, -0.2) is 0 Å². The highest BCUT2D eigenvalue weighted by molar-refractivity contribution is 6.30. The van der Waals surface area contributed by atoms with E-state index in [9.17, 15) is 14.4 Å². The zero-order valence-electron chi connectivity index (χ0n) is 17.1. The summed E-state index contributed by atoms with van der Waals surface area (Å²) in [4.78, 5) is 41.5. The Bertz CT molecular complexity index is 987. The summed E-state index contributed by atoms with van der Waals surface area (Å²) in [6, 6.07) is 11.7. The number of ether oxygens (including phenoxy) is 1. The maximum absolute atomic E-state index is 12.8. The predicted molar refractivity (Wildman–Crippen MR) is 116 cm³/mol. The van der Waals surface area contributed by atoms with Crippen LogP contribution in [0, 0.1) is 0 Å². The Hall–Kier alpha value is -2.74. The van der Waals surface area contributed by atoms with Crippen molar-refractivity contribution < 1.29 is 19.1 Å². The first-order chi connectivity index (χ1) is 15.0. The van der Waals surface area contributed by atoms with Crippen LogP contribution in [0.15, 0.2) is 42.5 Å². The van der Waals surface area contributed by atoms with Crippen LogP contribution in [0.25, 0.3) is 0 Å². The Kier molecular flexibility index (Phi) is 6.65. The van der Waals surface area contributed by atoms with Gasteiger partial charge in [0.15, 0.2) is 0 Å². The molecule has 2 heterocycles. The van der Waals surface area contributed by atoms with Crippen molar-refractivity contribution in [1.82, 2.24) is 15.1 Å². The molecule has 0 aliphatic carbocycles. The third kappa shape index (κ3) is 4.95. The molecular formula is C23H24ClN3O4. The van der Waals surface area contributed by atoms with Crippen molar-refractivity contribution in [3.63, 3.8) is 0 Å². The van der Waals surface area contributed by atoms with Crippen LogP contribution in [-0.2, 0) is 11.3 Å². The van der Waals surface area contributed by atoms with Gasteiger partial charge in [-0.15, -0.1) is 0 Å². The SMILES string of the molecule is O=C(NCCCN1CCOCC1)c1ccc2c(c1)C(=O)N(Cc1ccc(Cl)cc1)C2=O. The molecule has 2 aromatic rings. The van der Waals surface area contributed by atoms with Crippen LogP contribution in [0.4, 0.5) is 0 Å². The molecule has 0 unspecified atom stereocenters. The third-order valence-corrected chi connectivity index (χ3v) is 5.78. The van der Waals surface area contributed by atoms with Gasteiger partial charge >= 0.3 is 0 Å². The topological polar surface area (TPSA) is 79.0 Å². The van der Waals surface area contributed by atoms with Crippen molar-refractivity contribution in [2.24, 2.45) is 0 Å². The third-order valence-electron chi connectivity index (χ3n) is 5.53. The van der Waals surface area contributed by atoms with E-state index >= 15 is 0 Å². The standard InChI is InChI=1S/C23H24ClN3O4/c24-18-5-2-16(3-6-18)15-27-22(29)19-7-4-17(14-20(19)23(27)30)21(28)25-8-1-9-26-10-12-31-13-11-26/h2-7,14H,1,8-13,15H2,(H,25,28). The predicted octanol–water partition coefficient (Wildman–Crippen LogP) is 2.59. The first kappa shape index (κ1) is 21.5. The monoisotopic (exact) mass is 441 g/mol. The molecule has 0 saturated carbocycles. The molecule has 0 atom stereocenters. The molecule has 2 aromatic carbocycles. The van der Waals surface area contributed by atoms with E-state index in [1.54, 1.807) is 36.4 Å². The van der Waals surface area contributed by atoms with Gasteiger partial charge in [-0.05, 0) is 48.9 Å². The van der Waals surface area contributed by atoms with Crippen molar-refractivity contribution in [2.45, 2.75) is 13.0 Å². The highest BCUT2D eigenvalue weighted by Gasteiger charge is 2.36. The van der Waals surface area contributed by atoms with Crippen molar-refractivity contribution in [2.75, 3.05) is 39.4 Å². The van der Waals surface area contributed by atoms with Crippen LogP contribution in [0.1, 0.15) is 43.1 Å². The molecule has 0 bridgehead atoms. The summed E-state index contributed by atoms with van der Waals surface area (Å²) in [5.74, 6) is -0.995. The summed E-state index contributed by atoms with van der Waals surface area (Å²) in [5, 5.41) is 3.48. The molecule has 31 heavy (non-hydrogen) atoms. The molecule has 1 N–H and O–H groups in total. The fourth-order valence-electron chi connectivity index (χ4n) is 3.78. The van der Waals surface area contributed by atoms with Gasteiger partial charge in [-0.2, -0.15) is 0 Å². The number of carbonyl (C=O) groups is 3. The normalized spacial score (nSPS) is 16.5. The molecule has 8 heteroatoms. The molecule has 162 valence electrons. The highest BCUT2D eigenvalue weighted by Crippen LogP contribution is 2.26. The Labute approximate surface area is 185 Å². The van der Waals surface area contributed by atoms with Crippen LogP contribution in [0.2, 0.25) is 5.02 Å². The summed E-state index contributed by atoms with van der Waals surface area (Å²) >= 11 is 5.90. The second-order valence-electron chi connectivity index (χ2n) is 7.65. The van der Waals surface area contributed by atoms with Crippen molar-refractivity contribution in [3.8, 4) is 0 Å². The lowest BCUT2D eigenvalue weighted by Gasteiger charge is -2.26. The molecular weight excluding hydrogens is 418 g/mol. The lowest BCUT2D eigenvalue weighted by atomic mass is 10.1. The van der Waals surface area contributed by atoms with E-state index in [0.29, 0.717) is 22.7 Å². The van der Waals surface area contributed by atoms with E-state index < -0.39 is 5.91 Å². The van der Waals surface area contributed by atoms with Crippen LogP contribution in [-0.4, -0.2) is 66.9 Å². The Morgan fingerprint density at radius 2 is 1.71 bits per heavy atom. The van der Waals surface area contributed by atoms with Crippen molar-refractivity contribution >= 4 is 29.3 Å². The largest absolute Gasteiger partial charge is 0.379 e. The molecule has 0 aromatic heterocycles. The van der Waals surface area contributed by atoms with E-state index in [1.165, 1.54) is 11.0 Å². The van der Waals surface area contributed by atoms with Gasteiger partial charge in [0.1, 0.15) is 0 Å². The van der Waals surface area contributed by atoms with Gasteiger partial charge in [-0.3, -0.25) is 24.2 Å². The lowest BCUT2D eigenvalue weighted by Crippen LogP contribution is -2.38. The summed E-state index contributed by atoms with van der Waals surface area (Å²) < 4.78 is 5.33. The Balaban J connectivity index is 1.35. The maximum atomic E-state index is 12.8. The van der Waals surface area contributed by atoms with Crippen LogP contribution in [0.3, 0.4) is 0 Å². The van der Waals surface area contributed by atoms with Gasteiger partial charge in [0.2, 0.25) is 0 Å². The molecule has 4 rings (SSSR count). The van der Waals surface area contributed by atoms with E-state index in [4.69, 9.17) is 16.3 Å². The average Bonchev–Trinajstić information content (AvgIpc) is 3.03. The number of nitrogens with one attached hydrogen (secondary N) is 1. The van der Waals surface area contributed by atoms with E-state index in [0.717, 1.165) is 44.8 Å². The highest BCUT2D eigenvalue weighted by atomic mass is 35.5. The maximum Gasteiger partial charge on any atom is 0.261 e. The van der Waals surface area contributed by atoms with Gasteiger partial charge in [0.25, 0.3) is 17.7 Å². The zero-order valence-corrected chi connectivity index (χ0v) is 17.9. The number of benzene rings is 2. The van der Waals surface area contributed by atoms with Crippen LogP contribution >= 0.6 is 11.6 Å². The number of halogens is 1. The lowest BCUT2D eigenvalue weighted by molar-refractivity contribution is 0.0374. The Morgan fingerprint density at radius 3 is 2.45 bits per heavy atom. The van der Waals surface area contributed by atoms with Crippen LogP contribution in [0.5, 0.6) is 0 Å². The van der Waals surface area contributed by atoms with Gasteiger partial charge < -0.3 is 10.1 Å². The minimum Gasteiger partial charge on any atom is -0.379 e. The Morgan fingerprint density at radius 1 is 1.00 bits per heavy atom. The van der Waals surface area contributed by atoms with E-state index in [1.807, 2.05) is 0 Å². The number of nitrogens with zero attached hydrogens (tertiary/aromatic N) is 2. The summed E-state index contributed by atoms with van der Waals surface area (Å²) in [7, 11) is 0. The average molecular weight is 442 g/mol. The first-order valence-corrected chi connectivity index (χ1v) is 10.7. The number of rotatable bonds is 7. The van der Waals surface area contributed by atoms with E-state index in [-0.39, 0.29) is 23.9 Å². The fourth-order valence-corrected chi connectivity index (χ4v) is 3.91. The number of imide groups is 1. The number of carbonyl (C=O) groups excluding carboxylic acids is 3. The number of morpholine rings is 1. The number of hydrogen-bond acceptors (Lipinski definition) is 5. The molecule has 1 fully saturated rings. The van der Waals surface area contributed by atoms with Crippen molar-refractivity contribution in [1.29, 1.82) is 0 Å². The van der Waals surface area contributed by atoms with Gasteiger partial charge in [0, 0.05) is 30.2 Å². The summed E-state index contributed by atoms with van der Waals surface area (Å²) in [6.45, 7) is 4.95. The number of hydrogen-bond donors (Lipinski definition) is 1. The smallest absolute Gasteiger partial charge is 0.261 e. The molecule has 7 nitrogen and oxygen atoms in total. The fraction of sp³-hybridized carbons (Fsp3) is 0.348. The minimum atomic E-state index is -0.392. The number of fused-ring (bicyclic) bond motifs is 1. The summed E-state index contributed by atoms with van der Waals surface area (Å²) in [5.41, 5.74) is 1.76. The molecule has 1 saturated heterocycles. The quantitative estimate of drug-likeness (QED) is 0.527. The molecule has 3 amide bonds. The zero-order chi connectivity index (χ0) is 21.8. The molecule has 2 aliphatic rings. The van der Waals surface area contributed by atoms with Crippen LogP contribution < -0.4 is 5.32 Å². The van der Waals surface area contributed by atoms with Crippen molar-refractivity contribution in [3.05, 3.63) is 69.7 Å². The molecule has 0 radical (unpaired) electrons. The number of amides is 3.